The second-order valence-electron chi connectivity index (χ2n) is 9.53. The number of nitrogens with one attached hydrogen (secondary N) is 2. The summed E-state index contributed by atoms with van der Waals surface area (Å²) in [6.07, 6.45) is 5.97. The first-order valence-electron chi connectivity index (χ1n) is 11.0. The van der Waals surface area contributed by atoms with Gasteiger partial charge in [-0.25, -0.2) is 0 Å². The van der Waals surface area contributed by atoms with Crippen LogP contribution in [0.4, 0.5) is 10.7 Å². The van der Waals surface area contributed by atoms with Crippen LogP contribution in [-0.4, -0.2) is 16.8 Å². The molecule has 1 aromatic carbocycles. The van der Waals surface area contributed by atoms with Crippen LogP contribution in [0.2, 0.25) is 0 Å². The Balaban J connectivity index is 1.68. The minimum absolute atomic E-state index is 0.179. The molecule has 0 bridgehead atoms. The van der Waals surface area contributed by atoms with Crippen molar-refractivity contribution in [3.63, 3.8) is 0 Å². The smallest absolute Gasteiger partial charge is 0.258 e. The van der Waals surface area contributed by atoms with E-state index in [0.717, 1.165) is 36.1 Å². The summed E-state index contributed by atoms with van der Waals surface area (Å²) < 4.78 is 0. The molecule has 2 amide bonds. The van der Waals surface area contributed by atoms with Gasteiger partial charge in [-0.15, -0.1) is 11.3 Å². The van der Waals surface area contributed by atoms with Crippen LogP contribution in [-0.2, 0) is 12.8 Å². The lowest BCUT2D eigenvalue weighted by molar-refractivity contribution is 0.102. The molecular weight excluding hydrogens is 418 g/mol. The van der Waals surface area contributed by atoms with Crippen LogP contribution < -0.4 is 10.6 Å². The number of anilines is 2. The van der Waals surface area contributed by atoms with Gasteiger partial charge in [0, 0.05) is 23.0 Å². The lowest BCUT2D eigenvalue weighted by atomic mass is 9.72. The van der Waals surface area contributed by atoms with Gasteiger partial charge in [-0.1, -0.05) is 38.5 Å². The van der Waals surface area contributed by atoms with Crippen LogP contribution in [0, 0.1) is 18.3 Å². The van der Waals surface area contributed by atoms with Gasteiger partial charge >= 0.3 is 0 Å². The predicted octanol–water partition coefficient (Wildman–Crippen LogP) is 6.11. The maximum atomic E-state index is 13.4. The Labute approximate surface area is 193 Å². The molecule has 0 saturated carbocycles. The lowest BCUT2D eigenvalue weighted by Gasteiger charge is -2.33. The summed E-state index contributed by atoms with van der Waals surface area (Å²) >= 11 is 1.53. The van der Waals surface area contributed by atoms with E-state index in [1.54, 1.807) is 18.3 Å². The molecule has 2 N–H and O–H groups in total. The fourth-order valence-corrected chi connectivity index (χ4v) is 5.48. The van der Waals surface area contributed by atoms with Crippen molar-refractivity contribution in [1.82, 2.24) is 4.98 Å². The number of benzene rings is 1. The Hall–Kier alpha value is -2.99. The van der Waals surface area contributed by atoms with Crippen molar-refractivity contribution in [2.24, 2.45) is 11.3 Å². The average Bonchev–Trinajstić information content (AvgIpc) is 3.12. The van der Waals surface area contributed by atoms with Gasteiger partial charge in [0.05, 0.1) is 11.1 Å². The van der Waals surface area contributed by atoms with Gasteiger partial charge in [-0.3, -0.25) is 14.6 Å². The van der Waals surface area contributed by atoms with E-state index in [-0.39, 0.29) is 17.2 Å². The number of hydrogen-bond acceptors (Lipinski definition) is 4. The molecule has 6 heteroatoms. The van der Waals surface area contributed by atoms with Gasteiger partial charge in [-0.05, 0) is 67.3 Å². The van der Waals surface area contributed by atoms with E-state index in [4.69, 9.17) is 0 Å². The van der Waals surface area contributed by atoms with Gasteiger partial charge < -0.3 is 10.6 Å². The summed E-state index contributed by atoms with van der Waals surface area (Å²) in [7, 11) is 0. The minimum atomic E-state index is -0.256. The molecule has 0 saturated heterocycles. The molecule has 2 aromatic heterocycles. The van der Waals surface area contributed by atoms with Crippen LogP contribution in [0.15, 0.2) is 48.8 Å². The molecule has 1 atom stereocenters. The number of aryl methyl sites for hydroxylation is 1. The third-order valence-electron chi connectivity index (χ3n) is 6.18. The van der Waals surface area contributed by atoms with Crippen molar-refractivity contribution in [3.05, 3.63) is 75.9 Å². The number of fused-ring (bicyclic) bond motifs is 1. The number of nitrogens with zero attached hydrogens (tertiary/aromatic N) is 1. The van der Waals surface area contributed by atoms with Crippen LogP contribution in [0.3, 0.4) is 0 Å². The van der Waals surface area contributed by atoms with E-state index in [2.05, 4.69) is 36.4 Å². The second kappa shape index (κ2) is 8.87. The summed E-state index contributed by atoms with van der Waals surface area (Å²) in [6.45, 7) is 8.82. The van der Waals surface area contributed by atoms with Crippen molar-refractivity contribution in [3.8, 4) is 0 Å². The van der Waals surface area contributed by atoms with E-state index >= 15 is 0 Å². The van der Waals surface area contributed by atoms with Crippen LogP contribution in [0.25, 0.3) is 0 Å². The quantitative estimate of drug-likeness (QED) is 0.507. The zero-order valence-electron chi connectivity index (χ0n) is 19.0. The van der Waals surface area contributed by atoms with Crippen molar-refractivity contribution < 1.29 is 9.59 Å². The standard InChI is InChI=1S/C26H29N3O2S/c1-16-7-10-19(11-8-16)28-24(31)22-20-12-9-18(26(2,3)4)14-21(20)32-25(22)29-23(30)17-6-5-13-27-15-17/h5-8,10-11,13,15,18H,9,12,14H2,1-4H3,(H,28,31)(H,29,30). The Morgan fingerprint density at radius 2 is 1.81 bits per heavy atom. The molecule has 32 heavy (non-hydrogen) atoms. The highest BCUT2D eigenvalue weighted by molar-refractivity contribution is 7.17. The highest BCUT2D eigenvalue weighted by Crippen LogP contribution is 2.44. The van der Waals surface area contributed by atoms with E-state index in [0.29, 0.717) is 22.0 Å². The van der Waals surface area contributed by atoms with Crippen LogP contribution in [0.5, 0.6) is 0 Å². The average molecular weight is 448 g/mol. The van der Waals surface area contributed by atoms with Gasteiger partial charge in [0.1, 0.15) is 5.00 Å². The highest BCUT2D eigenvalue weighted by Gasteiger charge is 2.34. The maximum Gasteiger partial charge on any atom is 0.258 e. The normalized spacial score (nSPS) is 15.7. The number of thiophene rings is 1. The summed E-state index contributed by atoms with van der Waals surface area (Å²) in [5.41, 5.74) is 4.21. The van der Waals surface area contributed by atoms with Gasteiger partial charge in [-0.2, -0.15) is 0 Å². The number of carbonyl (C=O) groups is 2. The van der Waals surface area contributed by atoms with Gasteiger partial charge in [0.2, 0.25) is 0 Å². The second-order valence-corrected chi connectivity index (χ2v) is 10.6. The minimum Gasteiger partial charge on any atom is -0.322 e. The number of amides is 2. The SMILES string of the molecule is Cc1ccc(NC(=O)c2c(NC(=O)c3cccnc3)sc3c2CCC(C(C)(C)C)C3)cc1. The van der Waals surface area contributed by atoms with Gasteiger partial charge in [0.25, 0.3) is 11.8 Å². The van der Waals surface area contributed by atoms with E-state index in [1.165, 1.54) is 22.4 Å². The van der Waals surface area contributed by atoms with E-state index in [1.807, 2.05) is 31.2 Å². The molecule has 4 rings (SSSR count). The Bertz CT molecular complexity index is 1130. The highest BCUT2D eigenvalue weighted by atomic mass is 32.1. The van der Waals surface area contributed by atoms with E-state index < -0.39 is 0 Å². The molecule has 5 nitrogen and oxygen atoms in total. The molecule has 0 aliphatic heterocycles. The molecular formula is C26H29N3O2S. The van der Waals surface area contributed by atoms with Crippen molar-refractivity contribution >= 4 is 33.8 Å². The van der Waals surface area contributed by atoms with Crippen molar-refractivity contribution in [1.29, 1.82) is 0 Å². The van der Waals surface area contributed by atoms with E-state index in [9.17, 15) is 9.59 Å². The first-order chi connectivity index (χ1) is 15.2. The molecule has 0 radical (unpaired) electrons. The molecule has 1 aliphatic rings. The number of pyridine rings is 1. The molecule has 1 unspecified atom stereocenters. The van der Waals surface area contributed by atoms with Crippen molar-refractivity contribution in [2.45, 2.75) is 47.0 Å². The summed E-state index contributed by atoms with van der Waals surface area (Å²) in [5.74, 6) is 0.110. The Morgan fingerprint density at radius 1 is 1.06 bits per heavy atom. The summed E-state index contributed by atoms with van der Waals surface area (Å²) in [6, 6.07) is 11.2. The Kier molecular flexibility index (Phi) is 6.15. The topological polar surface area (TPSA) is 71.1 Å². The molecule has 166 valence electrons. The van der Waals surface area contributed by atoms with Crippen LogP contribution in [0.1, 0.15) is 63.9 Å². The number of hydrogen-bond donors (Lipinski definition) is 2. The predicted molar refractivity (Wildman–Crippen MR) is 131 cm³/mol. The van der Waals surface area contributed by atoms with Gasteiger partial charge in [0.15, 0.2) is 0 Å². The number of carbonyl (C=O) groups excluding carboxylic acids is 2. The molecule has 1 aliphatic carbocycles. The summed E-state index contributed by atoms with van der Waals surface area (Å²) in [5, 5.41) is 6.63. The first-order valence-corrected chi connectivity index (χ1v) is 11.8. The lowest BCUT2D eigenvalue weighted by Crippen LogP contribution is -2.27. The maximum absolute atomic E-state index is 13.4. The molecule has 2 heterocycles. The summed E-state index contributed by atoms with van der Waals surface area (Å²) in [4.78, 5) is 31.5. The third kappa shape index (κ3) is 4.75. The largest absolute Gasteiger partial charge is 0.322 e. The monoisotopic (exact) mass is 447 g/mol. The fourth-order valence-electron chi connectivity index (χ4n) is 4.16. The molecule has 0 fully saturated rings. The fraction of sp³-hybridized carbons (Fsp3) is 0.346. The zero-order chi connectivity index (χ0) is 22.9. The Morgan fingerprint density at radius 3 is 2.47 bits per heavy atom. The molecule has 0 spiro atoms. The van der Waals surface area contributed by atoms with Crippen molar-refractivity contribution in [2.75, 3.05) is 10.6 Å². The zero-order valence-corrected chi connectivity index (χ0v) is 19.8. The number of rotatable bonds is 4. The molecule has 3 aromatic rings. The third-order valence-corrected chi connectivity index (χ3v) is 7.35. The number of aromatic nitrogens is 1. The van der Waals surface area contributed by atoms with Crippen LogP contribution >= 0.6 is 11.3 Å². The first kappa shape index (κ1) is 22.2.